The van der Waals surface area contributed by atoms with Crippen molar-refractivity contribution in [2.24, 2.45) is 0 Å². The number of thioether (sulfide) groups is 2. The fraction of sp³-hybridized carbons (Fsp3) is 0.350. The molecule has 0 spiro atoms. The first-order chi connectivity index (χ1) is 12.7. The molecule has 0 atom stereocenters. The molecule has 6 heteroatoms. The molecule has 2 aromatic carbocycles. The molecule has 1 fully saturated rings. The highest BCUT2D eigenvalue weighted by Crippen LogP contribution is 2.46. The van der Waals surface area contributed by atoms with Crippen molar-refractivity contribution in [3.05, 3.63) is 59.2 Å². The van der Waals surface area contributed by atoms with Crippen LogP contribution in [-0.4, -0.2) is 31.1 Å². The Labute approximate surface area is 163 Å². The van der Waals surface area contributed by atoms with Gasteiger partial charge in [0.1, 0.15) is 0 Å². The Morgan fingerprint density at radius 3 is 2.54 bits per heavy atom. The first-order valence-corrected chi connectivity index (χ1v) is 10.6. The fourth-order valence-corrected chi connectivity index (χ4v) is 5.44. The van der Waals surface area contributed by atoms with Crippen LogP contribution in [0.5, 0.6) is 11.5 Å². The van der Waals surface area contributed by atoms with E-state index in [-0.39, 0.29) is 12.5 Å². The maximum absolute atomic E-state index is 12.0. The second-order valence-electron chi connectivity index (χ2n) is 6.03. The van der Waals surface area contributed by atoms with Gasteiger partial charge in [-0.3, -0.25) is 4.79 Å². The molecule has 4 nitrogen and oxygen atoms in total. The van der Waals surface area contributed by atoms with Crippen LogP contribution in [0.3, 0.4) is 0 Å². The van der Waals surface area contributed by atoms with E-state index in [2.05, 4.69) is 11.4 Å². The molecule has 0 unspecified atom stereocenters. The predicted octanol–water partition coefficient (Wildman–Crippen LogP) is 4.18. The summed E-state index contributed by atoms with van der Waals surface area (Å²) in [6.45, 7) is 2.50. The van der Waals surface area contributed by atoms with Crippen LogP contribution in [-0.2, 0) is 11.3 Å². The number of ether oxygens (including phenoxy) is 2. The summed E-state index contributed by atoms with van der Waals surface area (Å²) in [5, 5.41) is 2.87. The van der Waals surface area contributed by atoms with E-state index in [0.717, 1.165) is 5.56 Å². The summed E-state index contributed by atoms with van der Waals surface area (Å²) in [5.74, 6) is 3.46. The second kappa shape index (κ2) is 9.24. The molecule has 138 valence electrons. The lowest BCUT2D eigenvalue weighted by molar-refractivity contribution is -0.123. The Balaban J connectivity index is 1.53. The van der Waals surface area contributed by atoms with Gasteiger partial charge in [0.15, 0.2) is 18.1 Å². The summed E-state index contributed by atoms with van der Waals surface area (Å²) >= 11 is 3.89. The highest BCUT2D eigenvalue weighted by atomic mass is 32.2. The molecule has 0 saturated carbocycles. The highest BCUT2D eigenvalue weighted by Gasteiger charge is 2.20. The zero-order chi connectivity index (χ0) is 18.4. The van der Waals surface area contributed by atoms with Crippen LogP contribution in [0, 0.1) is 6.92 Å². The zero-order valence-electron chi connectivity index (χ0n) is 15.0. The lowest BCUT2D eigenvalue weighted by atomic mass is 10.1. The summed E-state index contributed by atoms with van der Waals surface area (Å²) in [7, 11) is 1.62. The van der Waals surface area contributed by atoms with Crippen molar-refractivity contribution in [1.29, 1.82) is 0 Å². The third kappa shape index (κ3) is 5.11. The number of nitrogens with one attached hydrogen (secondary N) is 1. The summed E-state index contributed by atoms with van der Waals surface area (Å²) in [5.41, 5.74) is 3.50. The number of benzene rings is 2. The molecule has 0 aromatic heterocycles. The van der Waals surface area contributed by atoms with Crippen molar-refractivity contribution in [2.45, 2.75) is 18.1 Å². The lowest BCUT2D eigenvalue weighted by Crippen LogP contribution is -2.28. The summed E-state index contributed by atoms with van der Waals surface area (Å²) in [6, 6.07) is 14.0. The van der Waals surface area contributed by atoms with E-state index in [1.807, 2.05) is 66.8 Å². The number of rotatable bonds is 7. The van der Waals surface area contributed by atoms with Gasteiger partial charge in [0, 0.05) is 18.1 Å². The third-order valence-corrected chi connectivity index (χ3v) is 7.16. The Bertz CT molecular complexity index is 743. The van der Waals surface area contributed by atoms with Crippen molar-refractivity contribution in [3.63, 3.8) is 0 Å². The van der Waals surface area contributed by atoms with Gasteiger partial charge in [-0.1, -0.05) is 35.9 Å². The van der Waals surface area contributed by atoms with E-state index in [9.17, 15) is 4.79 Å². The molecule has 0 bridgehead atoms. The molecule has 0 aliphatic carbocycles. The Morgan fingerprint density at radius 1 is 1.12 bits per heavy atom. The molecule has 1 heterocycles. The van der Waals surface area contributed by atoms with Gasteiger partial charge in [0.05, 0.1) is 11.7 Å². The third-order valence-electron chi connectivity index (χ3n) is 4.05. The molecule has 1 amide bonds. The monoisotopic (exact) mass is 389 g/mol. The number of hydrogen-bond donors (Lipinski definition) is 1. The van der Waals surface area contributed by atoms with Gasteiger partial charge in [0.25, 0.3) is 5.91 Å². The van der Waals surface area contributed by atoms with Crippen molar-refractivity contribution >= 4 is 29.4 Å². The first kappa shape index (κ1) is 19.0. The minimum atomic E-state index is -0.154. The maximum Gasteiger partial charge on any atom is 0.258 e. The van der Waals surface area contributed by atoms with Crippen molar-refractivity contribution in [2.75, 3.05) is 25.2 Å². The van der Waals surface area contributed by atoms with Crippen molar-refractivity contribution in [1.82, 2.24) is 5.32 Å². The predicted molar refractivity (Wildman–Crippen MR) is 109 cm³/mol. The van der Waals surface area contributed by atoms with Crippen LogP contribution in [0.1, 0.15) is 21.3 Å². The molecule has 0 radical (unpaired) electrons. The standard InChI is InChI=1S/C20H23NO3S2/c1-14-3-5-15(6-4-14)12-21-19(22)13-24-17-8-7-16(11-18(17)23-2)20-25-9-10-26-20/h3-8,11,20H,9-10,12-13H2,1-2H3,(H,21,22). The molecule has 1 saturated heterocycles. The van der Waals surface area contributed by atoms with Crippen molar-refractivity contribution in [3.8, 4) is 11.5 Å². The van der Waals surface area contributed by atoms with E-state index in [0.29, 0.717) is 22.6 Å². The SMILES string of the molecule is COc1cc(C2SCCS2)ccc1OCC(=O)NCc1ccc(C)cc1. The van der Waals surface area contributed by atoms with Gasteiger partial charge < -0.3 is 14.8 Å². The van der Waals surface area contributed by atoms with Crippen LogP contribution >= 0.6 is 23.5 Å². The maximum atomic E-state index is 12.0. The van der Waals surface area contributed by atoms with Crippen LogP contribution in [0.4, 0.5) is 0 Å². The topological polar surface area (TPSA) is 47.6 Å². The number of hydrogen-bond acceptors (Lipinski definition) is 5. The van der Waals surface area contributed by atoms with Crippen LogP contribution in [0.2, 0.25) is 0 Å². The second-order valence-corrected chi connectivity index (χ2v) is 8.76. The molecule has 1 N–H and O–H groups in total. The average Bonchev–Trinajstić information content (AvgIpc) is 3.20. The zero-order valence-corrected chi connectivity index (χ0v) is 16.6. The van der Waals surface area contributed by atoms with Gasteiger partial charge in [-0.15, -0.1) is 23.5 Å². The minimum Gasteiger partial charge on any atom is -0.493 e. The molecule has 1 aliphatic heterocycles. The van der Waals surface area contributed by atoms with Gasteiger partial charge in [-0.25, -0.2) is 0 Å². The van der Waals surface area contributed by atoms with Gasteiger partial charge in [0.2, 0.25) is 0 Å². The Hall–Kier alpha value is -1.79. The quantitative estimate of drug-likeness (QED) is 0.770. The summed E-state index contributed by atoms with van der Waals surface area (Å²) in [6.07, 6.45) is 0. The minimum absolute atomic E-state index is 0.0332. The van der Waals surface area contributed by atoms with E-state index < -0.39 is 0 Å². The largest absolute Gasteiger partial charge is 0.493 e. The van der Waals surface area contributed by atoms with E-state index in [4.69, 9.17) is 9.47 Å². The fourth-order valence-electron chi connectivity index (χ4n) is 2.60. The first-order valence-electron chi connectivity index (χ1n) is 8.52. The van der Waals surface area contributed by atoms with Crippen LogP contribution < -0.4 is 14.8 Å². The van der Waals surface area contributed by atoms with Gasteiger partial charge in [-0.05, 0) is 30.2 Å². The normalized spacial score (nSPS) is 14.2. The summed E-state index contributed by atoms with van der Waals surface area (Å²) < 4.78 is 11.6. The molecular formula is C20H23NO3S2. The molecule has 3 rings (SSSR count). The van der Waals surface area contributed by atoms with Crippen molar-refractivity contribution < 1.29 is 14.3 Å². The lowest BCUT2D eigenvalue weighted by Gasteiger charge is -2.14. The number of carbonyl (C=O) groups is 1. The van der Waals surface area contributed by atoms with Crippen LogP contribution in [0.25, 0.3) is 0 Å². The smallest absolute Gasteiger partial charge is 0.258 e. The number of aryl methyl sites for hydroxylation is 1. The Kier molecular flexibility index (Phi) is 6.74. The number of carbonyl (C=O) groups excluding carboxylic acids is 1. The van der Waals surface area contributed by atoms with E-state index in [1.54, 1.807) is 7.11 Å². The molecular weight excluding hydrogens is 366 g/mol. The van der Waals surface area contributed by atoms with E-state index >= 15 is 0 Å². The highest BCUT2D eigenvalue weighted by molar-refractivity contribution is 8.19. The van der Waals surface area contributed by atoms with Gasteiger partial charge >= 0.3 is 0 Å². The molecule has 2 aromatic rings. The molecule has 1 aliphatic rings. The van der Waals surface area contributed by atoms with Crippen LogP contribution in [0.15, 0.2) is 42.5 Å². The summed E-state index contributed by atoms with van der Waals surface area (Å²) in [4.78, 5) is 12.0. The average molecular weight is 390 g/mol. The number of methoxy groups -OCH3 is 1. The van der Waals surface area contributed by atoms with E-state index in [1.165, 1.54) is 22.6 Å². The Morgan fingerprint density at radius 2 is 1.85 bits per heavy atom. The number of amides is 1. The van der Waals surface area contributed by atoms with Gasteiger partial charge in [-0.2, -0.15) is 0 Å². The molecule has 26 heavy (non-hydrogen) atoms.